The molecule has 1 aliphatic rings. The van der Waals surface area contributed by atoms with E-state index in [1.807, 2.05) is 6.92 Å². The van der Waals surface area contributed by atoms with Crippen LogP contribution in [0.3, 0.4) is 0 Å². The molecule has 166 valence electrons. The molecule has 9 heteroatoms. The molecule has 9 nitrogen and oxygen atoms in total. The molecular weight excluding hydrogens is 412 g/mol. The highest BCUT2D eigenvalue weighted by Gasteiger charge is 2.54. The number of ether oxygens (including phenoxy) is 2. The number of aryl methyl sites for hydroxylation is 1. The summed E-state index contributed by atoms with van der Waals surface area (Å²) in [4.78, 5) is 32.1. The fourth-order valence-electron chi connectivity index (χ4n) is 3.77. The monoisotopic (exact) mass is 436 g/mol. The van der Waals surface area contributed by atoms with Gasteiger partial charge in [0, 0.05) is 6.42 Å². The molecule has 0 saturated carbocycles. The lowest BCUT2D eigenvalue weighted by atomic mass is 9.82. The highest BCUT2D eigenvalue weighted by atomic mass is 16.5. The summed E-state index contributed by atoms with van der Waals surface area (Å²) in [5.41, 5.74) is -0.218. The van der Waals surface area contributed by atoms with Crippen molar-refractivity contribution in [2.45, 2.75) is 31.8 Å². The smallest absolute Gasteiger partial charge is 0.326 e. The van der Waals surface area contributed by atoms with E-state index in [4.69, 9.17) is 14.0 Å². The molecule has 0 atom stereocenters. The molecule has 4 rings (SSSR count). The van der Waals surface area contributed by atoms with E-state index >= 15 is 0 Å². The number of carbonyl (C=O) groups is 2. The maximum absolute atomic E-state index is 13.8. The summed E-state index contributed by atoms with van der Waals surface area (Å²) >= 11 is 0. The molecule has 3 amide bonds. The topological polar surface area (TPSA) is 107 Å². The van der Waals surface area contributed by atoms with Crippen LogP contribution in [-0.2, 0) is 23.3 Å². The molecular formula is C23H24N4O5. The molecule has 0 spiro atoms. The molecule has 3 aromatic rings. The van der Waals surface area contributed by atoms with Crippen LogP contribution in [0.5, 0.6) is 11.5 Å². The number of methoxy groups -OCH3 is 2. The molecule has 2 heterocycles. The normalized spacial score (nSPS) is 15.0. The summed E-state index contributed by atoms with van der Waals surface area (Å²) in [6.45, 7) is 1.89. The number of carbonyl (C=O) groups excluding carboxylic acids is 2. The van der Waals surface area contributed by atoms with Crippen molar-refractivity contribution >= 4 is 11.9 Å². The van der Waals surface area contributed by atoms with E-state index in [2.05, 4.69) is 15.5 Å². The molecule has 0 unspecified atom stereocenters. The zero-order chi connectivity index (χ0) is 22.7. The van der Waals surface area contributed by atoms with E-state index in [1.54, 1.807) is 62.8 Å². The Morgan fingerprint density at radius 1 is 0.969 bits per heavy atom. The summed E-state index contributed by atoms with van der Waals surface area (Å²) < 4.78 is 15.7. The van der Waals surface area contributed by atoms with Gasteiger partial charge in [0.1, 0.15) is 18.0 Å². The largest absolute Gasteiger partial charge is 0.497 e. The first kappa shape index (κ1) is 21.4. The standard InChI is InChI=1S/C23H24N4O5/c1-4-5-19-24-20(32-26-19)14-27-21(28)23(25-22(27)29,15-6-10-17(30-2)11-7-15)16-8-12-18(31-3)13-9-16/h6-13H,4-5,14H2,1-3H3,(H,25,29). The number of rotatable bonds is 8. The lowest BCUT2D eigenvalue weighted by molar-refractivity contribution is -0.130. The molecule has 1 saturated heterocycles. The SMILES string of the molecule is CCCc1noc(CN2C(=O)NC(c3ccc(OC)cc3)(c3ccc(OC)cc3)C2=O)n1. The van der Waals surface area contributed by atoms with Gasteiger partial charge in [-0.25, -0.2) is 4.79 Å². The quantitative estimate of drug-likeness (QED) is 0.541. The third kappa shape index (κ3) is 3.66. The first-order valence-electron chi connectivity index (χ1n) is 10.3. The van der Waals surface area contributed by atoms with Crippen LogP contribution in [0.1, 0.15) is 36.2 Å². The average Bonchev–Trinajstić information content (AvgIpc) is 3.37. The maximum atomic E-state index is 13.8. The Bertz CT molecular complexity index is 1060. The summed E-state index contributed by atoms with van der Waals surface area (Å²) in [6.07, 6.45) is 1.52. The van der Waals surface area contributed by atoms with Crippen molar-refractivity contribution in [1.82, 2.24) is 20.4 Å². The molecule has 1 aromatic heterocycles. The molecule has 1 aliphatic heterocycles. The van der Waals surface area contributed by atoms with Gasteiger partial charge in [0.25, 0.3) is 5.91 Å². The van der Waals surface area contributed by atoms with Crippen molar-refractivity contribution in [3.63, 3.8) is 0 Å². The molecule has 1 fully saturated rings. The van der Waals surface area contributed by atoms with Crippen molar-refractivity contribution in [2.75, 3.05) is 14.2 Å². The minimum Gasteiger partial charge on any atom is -0.497 e. The second kappa shape index (κ2) is 8.70. The highest BCUT2D eigenvalue weighted by Crippen LogP contribution is 2.38. The minimum atomic E-state index is -1.41. The Morgan fingerprint density at radius 2 is 1.53 bits per heavy atom. The molecule has 0 aliphatic carbocycles. The first-order valence-corrected chi connectivity index (χ1v) is 10.3. The van der Waals surface area contributed by atoms with Crippen LogP contribution in [0.4, 0.5) is 4.79 Å². The van der Waals surface area contributed by atoms with Gasteiger partial charge in [-0.15, -0.1) is 0 Å². The van der Waals surface area contributed by atoms with E-state index in [0.29, 0.717) is 34.9 Å². The fourth-order valence-corrected chi connectivity index (χ4v) is 3.77. The summed E-state index contributed by atoms with van der Waals surface area (Å²) in [5, 5.41) is 6.80. The third-order valence-corrected chi connectivity index (χ3v) is 5.43. The fraction of sp³-hybridized carbons (Fsp3) is 0.304. The van der Waals surface area contributed by atoms with E-state index in [1.165, 1.54) is 0 Å². The predicted octanol–water partition coefficient (Wildman–Crippen LogP) is 3.03. The number of nitrogens with one attached hydrogen (secondary N) is 1. The average molecular weight is 436 g/mol. The third-order valence-electron chi connectivity index (χ3n) is 5.43. The summed E-state index contributed by atoms with van der Waals surface area (Å²) in [7, 11) is 3.13. The van der Waals surface area contributed by atoms with Gasteiger partial charge >= 0.3 is 6.03 Å². The van der Waals surface area contributed by atoms with Crippen LogP contribution in [0.2, 0.25) is 0 Å². The van der Waals surface area contributed by atoms with Crippen LogP contribution in [0.15, 0.2) is 53.1 Å². The molecule has 1 N–H and O–H groups in total. The van der Waals surface area contributed by atoms with Gasteiger partial charge < -0.3 is 19.3 Å². The van der Waals surface area contributed by atoms with Crippen LogP contribution < -0.4 is 14.8 Å². The van der Waals surface area contributed by atoms with E-state index < -0.39 is 17.5 Å². The predicted molar refractivity (Wildman–Crippen MR) is 114 cm³/mol. The van der Waals surface area contributed by atoms with Crippen molar-refractivity contribution in [2.24, 2.45) is 0 Å². The Hall–Kier alpha value is -3.88. The van der Waals surface area contributed by atoms with Crippen LogP contribution in [-0.4, -0.2) is 41.2 Å². The van der Waals surface area contributed by atoms with E-state index in [0.717, 1.165) is 11.3 Å². The molecule has 2 aromatic carbocycles. The molecule has 32 heavy (non-hydrogen) atoms. The number of nitrogens with zero attached hydrogens (tertiary/aromatic N) is 3. The van der Waals surface area contributed by atoms with Gasteiger partial charge in [-0.05, 0) is 41.8 Å². The Morgan fingerprint density at radius 3 is 2.03 bits per heavy atom. The van der Waals surface area contributed by atoms with Crippen molar-refractivity contribution < 1.29 is 23.6 Å². The van der Waals surface area contributed by atoms with Gasteiger partial charge in [0.2, 0.25) is 5.89 Å². The number of benzene rings is 2. The van der Waals surface area contributed by atoms with Gasteiger partial charge in [-0.3, -0.25) is 9.69 Å². The van der Waals surface area contributed by atoms with Gasteiger partial charge in [0.05, 0.1) is 14.2 Å². The number of imide groups is 1. The Kier molecular flexibility index (Phi) is 5.81. The minimum absolute atomic E-state index is 0.116. The number of amides is 3. The van der Waals surface area contributed by atoms with E-state index in [-0.39, 0.29) is 12.4 Å². The zero-order valence-corrected chi connectivity index (χ0v) is 18.1. The van der Waals surface area contributed by atoms with Crippen LogP contribution >= 0.6 is 0 Å². The second-order valence-corrected chi connectivity index (χ2v) is 7.38. The molecule has 0 radical (unpaired) electrons. The van der Waals surface area contributed by atoms with Gasteiger partial charge in [-0.2, -0.15) is 4.98 Å². The van der Waals surface area contributed by atoms with Crippen molar-refractivity contribution in [3.8, 4) is 11.5 Å². The number of hydrogen-bond acceptors (Lipinski definition) is 7. The van der Waals surface area contributed by atoms with Crippen molar-refractivity contribution in [1.29, 1.82) is 0 Å². The Labute approximate surface area is 185 Å². The second-order valence-electron chi connectivity index (χ2n) is 7.38. The number of hydrogen-bond donors (Lipinski definition) is 1. The van der Waals surface area contributed by atoms with Crippen LogP contribution in [0.25, 0.3) is 0 Å². The highest BCUT2D eigenvalue weighted by molar-refractivity contribution is 6.09. The number of aromatic nitrogens is 2. The first-order chi connectivity index (χ1) is 15.5. The zero-order valence-electron chi connectivity index (χ0n) is 18.1. The lowest BCUT2D eigenvalue weighted by Crippen LogP contribution is -2.45. The van der Waals surface area contributed by atoms with Crippen LogP contribution in [0, 0.1) is 0 Å². The Balaban J connectivity index is 1.74. The summed E-state index contributed by atoms with van der Waals surface area (Å²) in [6, 6.07) is 13.5. The maximum Gasteiger partial charge on any atom is 0.326 e. The molecule has 0 bridgehead atoms. The van der Waals surface area contributed by atoms with Crippen molar-refractivity contribution in [3.05, 3.63) is 71.4 Å². The lowest BCUT2D eigenvalue weighted by Gasteiger charge is -2.28. The van der Waals surface area contributed by atoms with Gasteiger partial charge in [0.15, 0.2) is 11.4 Å². The summed E-state index contributed by atoms with van der Waals surface area (Å²) in [5.74, 6) is 1.60. The number of urea groups is 1. The van der Waals surface area contributed by atoms with E-state index in [9.17, 15) is 9.59 Å². The van der Waals surface area contributed by atoms with Gasteiger partial charge in [-0.1, -0.05) is 36.3 Å².